The van der Waals surface area contributed by atoms with Crippen molar-refractivity contribution in [3.8, 4) is 11.5 Å². The summed E-state index contributed by atoms with van der Waals surface area (Å²) in [5.41, 5.74) is 2.39. The van der Waals surface area contributed by atoms with Crippen molar-refractivity contribution < 1.29 is 9.47 Å². The topological polar surface area (TPSA) is 68.3 Å². The van der Waals surface area contributed by atoms with Gasteiger partial charge >= 0.3 is 0 Å². The van der Waals surface area contributed by atoms with Crippen LogP contribution < -0.4 is 20.1 Å². The standard InChI is InChI=1S/C23H28N4O2/c1-17-26-22(24-13-11-18-7-6-9-20(15-18)28-2)16-23(27-17)25-14-12-19-8-4-5-10-21(19)29-3/h4-10,15-16H,11-14H2,1-3H3,(H2,24,25,26,27). The summed E-state index contributed by atoms with van der Waals surface area (Å²) < 4.78 is 10.7. The Hall–Kier alpha value is -3.28. The minimum Gasteiger partial charge on any atom is -0.497 e. The second-order valence-corrected chi connectivity index (χ2v) is 6.70. The van der Waals surface area contributed by atoms with E-state index in [9.17, 15) is 0 Å². The maximum absolute atomic E-state index is 5.41. The van der Waals surface area contributed by atoms with Gasteiger partial charge in [-0.05, 0) is 49.1 Å². The molecule has 0 saturated heterocycles. The molecular weight excluding hydrogens is 364 g/mol. The molecule has 0 fully saturated rings. The molecule has 0 saturated carbocycles. The molecule has 2 N–H and O–H groups in total. The van der Waals surface area contributed by atoms with Crippen LogP contribution in [0.3, 0.4) is 0 Å². The van der Waals surface area contributed by atoms with E-state index >= 15 is 0 Å². The predicted molar refractivity (Wildman–Crippen MR) is 117 cm³/mol. The fourth-order valence-electron chi connectivity index (χ4n) is 3.15. The van der Waals surface area contributed by atoms with Gasteiger partial charge in [-0.3, -0.25) is 0 Å². The van der Waals surface area contributed by atoms with Crippen LogP contribution in [-0.4, -0.2) is 37.3 Å². The molecule has 0 amide bonds. The Morgan fingerprint density at radius 1 is 0.793 bits per heavy atom. The van der Waals surface area contributed by atoms with Crippen molar-refractivity contribution in [2.75, 3.05) is 37.9 Å². The molecule has 6 nitrogen and oxygen atoms in total. The largest absolute Gasteiger partial charge is 0.497 e. The number of rotatable bonds is 10. The van der Waals surface area contributed by atoms with Crippen LogP contribution in [0.4, 0.5) is 11.6 Å². The minimum absolute atomic E-state index is 0.733. The molecule has 152 valence electrons. The Labute approximate surface area is 172 Å². The van der Waals surface area contributed by atoms with Gasteiger partial charge in [0.15, 0.2) is 0 Å². The number of ether oxygens (including phenoxy) is 2. The van der Waals surface area contributed by atoms with Gasteiger partial charge < -0.3 is 20.1 Å². The second kappa shape index (κ2) is 10.3. The summed E-state index contributed by atoms with van der Waals surface area (Å²) in [6.45, 7) is 3.45. The Morgan fingerprint density at radius 2 is 1.52 bits per heavy atom. The molecule has 29 heavy (non-hydrogen) atoms. The van der Waals surface area contributed by atoms with E-state index in [-0.39, 0.29) is 0 Å². The number of aromatic nitrogens is 2. The number of para-hydroxylation sites is 1. The van der Waals surface area contributed by atoms with Crippen molar-refractivity contribution in [2.45, 2.75) is 19.8 Å². The van der Waals surface area contributed by atoms with Crippen molar-refractivity contribution in [1.82, 2.24) is 9.97 Å². The molecule has 0 aliphatic carbocycles. The average molecular weight is 393 g/mol. The SMILES string of the molecule is COc1cccc(CCNc2cc(NCCc3ccccc3OC)nc(C)n2)c1. The quantitative estimate of drug-likeness (QED) is 0.541. The number of aryl methyl sites for hydroxylation is 1. The maximum atomic E-state index is 5.41. The lowest BCUT2D eigenvalue weighted by Gasteiger charge is -2.12. The number of anilines is 2. The zero-order valence-corrected chi connectivity index (χ0v) is 17.2. The van der Waals surface area contributed by atoms with Crippen molar-refractivity contribution in [1.29, 1.82) is 0 Å². The smallest absolute Gasteiger partial charge is 0.131 e. The van der Waals surface area contributed by atoms with Crippen LogP contribution in [0.1, 0.15) is 17.0 Å². The third-order valence-electron chi connectivity index (χ3n) is 4.58. The van der Waals surface area contributed by atoms with Crippen LogP contribution >= 0.6 is 0 Å². The van der Waals surface area contributed by atoms with Crippen molar-refractivity contribution >= 4 is 11.6 Å². The van der Waals surface area contributed by atoms with Crippen LogP contribution in [0.5, 0.6) is 11.5 Å². The minimum atomic E-state index is 0.733. The molecule has 3 aromatic rings. The van der Waals surface area contributed by atoms with Gasteiger partial charge in [0.1, 0.15) is 29.0 Å². The van der Waals surface area contributed by atoms with E-state index in [4.69, 9.17) is 9.47 Å². The number of nitrogens with one attached hydrogen (secondary N) is 2. The van der Waals surface area contributed by atoms with Gasteiger partial charge in [0.25, 0.3) is 0 Å². The average Bonchev–Trinajstić information content (AvgIpc) is 2.74. The molecule has 2 aromatic carbocycles. The zero-order chi connectivity index (χ0) is 20.5. The van der Waals surface area contributed by atoms with E-state index in [2.05, 4.69) is 38.8 Å². The van der Waals surface area contributed by atoms with Gasteiger partial charge in [-0.2, -0.15) is 0 Å². The second-order valence-electron chi connectivity index (χ2n) is 6.70. The summed E-state index contributed by atoms with van der Waals surface area (Å²) in [7, 11) is 3.38. The lowest BCUT2D eigenvalue weighted by atomic mass is 10.1. The van der Waals surface area contributed by atoms with E-state index < -0.39 is 0 Å². The molecule has 0 aliphatic rings. The number of hydrogen-bond acceptors (Lipinski definition) is 6. The molecule has 3 rings (SSSR count). The van der Waals surface area contributed by atoms with Crippen LogP contribution in [0, 0.1) is 6.92 Å². The highest BCUT2D eigenvalue weighted by molar-refractivity contribution is 5.48. The van der Waals surface area contributed by atoms with E-state index in [0.717, 1.165) is 54.9 Å². The molecule has 0 atom stereocenters. The van der Waals surface area contributed by atoms with Gasteiger partial charge in [0.05, 0.1) is 14.2 Å². The van der Waals surface area contributed by atoms with Crippen molar-refractivity contribution in [3.05, 3.63) is 71.5 Å². The summed E-state index contributed by atoms with van der Waals surface area (Å²) >= 11 is 0. The number of methoxy groups -OCH3 is 2. The summed E-state index contributed by atoms with van der Waals surface area (Å²) in [5, 5.41) is 6.77. The molecule has 1 aromatic heterocycles. The number of benzene rings is 2. The van der Waals surface area contributed by atoms with Crippen molar-refractivity contribution in [3.63, 3.8) is 0 Å². The van der Waals surface area contributed by atoms with E-state index in [1.807, 2.05) is 43.3 Å². The van der Waals surface area contributed by atoms with Crippen LogP contribution in [0.15, 0.2) is 54.6 Å². The lowest BCUT2D eigenvalue weighted by molar-refractivity contribution is 0.410. The number of nitrogens with zero attached hydrogens (tertiary/aromatic N) is 2. The predicted octanol–water partition coefficient (Wildman–Crippen LogP) is 4.11. The first-order valence-electron chi connectivity index (χ1n) is 9.76. The first-order valence-corrected chi connectivity index (χ1v) is 9.76. The summed E-state index contributed by atoms with van der Waals surface area (Å²) in [6, 6.07) is 18.1. The van der Waals surface area contributed by atoms with Gasteiger partial charge in [-0.25, -0.2) is 9.97 Å². The Morgan fingerprint density at radius 3 is 2.24 bits per heavy atom. The third kappa shape index (κ3) is 6.10. The highest BCUT2D eigenvalue weighted by Crippen LogP contribution is 2.18. The van der Waals surface area contributed by atoms with Gasteiger partial charge in [0.2, 0.25) is 0 Å². The van der Waals surface area contributed by atoms with Gasteiger partial charge in [-0.15, -0.1) is 0 Å². The molecular formula is C23H28N4O2. The Kier molecular flexibility index (Phi) is 7.28. The molecule has 0 radical (unpaired) electrons. The van der Waals surface area contributed by atoms with Gasteiger partial charge in [-0.1, -0.05) is 30.3 Å². The first-order chi connectivity index (χ1) is 14.2. The summed E-state index contributed by atoms with van der Waals surface area (Å²) in [5.74, 6) is 4.16. The van der Waals surface area contributed by atoms with E-state index in [0.29, 0.717) is 0 Å². The highest BCUT2D eigenvalue weighted by atomic mass is 16.5. The highest BCUT2D eigenvalue weighted by Gasteiger charge is 2.04. The summed E-state index contributed by atoms with van der Waals surface area (Å²) in [4.78, 5) is 8.97. The van der Waals surface area contributed by atoms with Crippen LogP contribution in [-0.2, 0) is 12.8 Å². The molecule has 6 heteroatoms. The molecule has 0 aliphatic heterocycles. The third-order valence-corrected chi connectivity index (χ3v) is 4.58. The monoisotopic (exact) mass is 392 g/mol. The molecule has 0 unspecified atom stereocenters. The molecule has 0 bridgehead atoms. The lowest BCUT2D eigenvalue weighted by Crippen LogP contribution is -2.11. The van der Waals surface area contributed by atoms with E-state index in [1.54, 1.807) is 14.2 Å². The fourth-order valence-corrected chi connectivity index (χ4v) is 3.15. The zero-order valence-electron chi connectivity index (χ0n) is 17.2. The molecule has 0 spiro atoms. The van der Waals surface area contributed by atoms with Crippen LogP contribution in [0.25, 0.3) is 0 Å². The van der Waals surface area contributed by atoms with Crippen LogP contribution in [0.2, 0.25) is 0 Å². The fraction of sp³-hybridized carbons (Fsp3) is 0.304. The Balaban J connectivity index is 1.53. The van der Waals surface area contributed by atoms with Crippen molar-refractivity contribution in [2.24, 2.45) is 0 Å². The molecule has 1 heterocycles. The number of hydrogen-bond donors (Lipinski definition) is 2. The normalized spacial score (nSPS) is 10.4. The summed E-state index contributed by atoms with van der Waals surface area (Å²) in [6.07, 6.45) is 1.74. The maximum Gasteiger partial charge on any atom is 0.131 e. The first kappa shape index (κ1) is 20.5. The Bertz CT molecular complexity index is 930. The van der Waals surface area contributed by atoms with Gasteiger partial charge in [0, 0.05) is 19.2 Å². The van der Waals surface area contributed by atoms with E-state index in [1.165, 1.54) is 11.1 Å².